The number of rotatable bonds is 1. The zero-order valence-corrected chi connectivity index (χ0v) is 9.53. The zero-order chi connectivity index (χ0) is 10.3. The Morgan fingerprint density at radius 3 is 2.57 bits per heavy atom. The molecule has 2 rings (SSSR count). The third kappa shape index (κ3) is 1.28. The largest absolute Gasteiger partial charge is 0.331 e. The topological polar surface area (TPSA) is 20.7 Å². The maximum atomic E-state index is 5.25. The van der Waals surface area contributed by atoms with Gasteiger partial charge in [0, 0.05) is 6.54 Å². The molecule has 1 aromatic carbocycles. The fourth-order valence-corrected chi connectivity index (χ4v) is 2.07. The van der Waals surface area contributed by atoms with Crippen molar-refractivity contribution in [2.24, 2.45) is 0 Å². The van der Waals surface area contributed by atoms with E-state index in [2.05, 4.69) is 42.5 Å². The first-order valence-electron chi connectivity index (χ1n) is 4.83. The Kier molecular flexibility index (Phi) is 2.19. The van der Waals surface area contributed by atoms with E-state index < -0.39 is 0 Å². The molecule has 0 amide bonds. The van der Waals surface area contributed by atoms with Crippen molar-refractivity contribution in [3.8, 4) is 0 Å². The van der Waals surface area contributed by atoms with Crippen LogP contribution in [0.5, 0.6) is 0 Å². The van der Waals surface area contributed by atoms with Gasteiger partial charge in [-0.25, -0.2) is 0 Å². The molecule has 0 aliphatic rings. The molecule has 0 aliphatic carbocycles. The zero-order valence-electron chi connectivity index (χ0n) is 8.72. The summed E-state index contributed by atoms with van der Waals surface area (Å²) in [5.74, 6) is 0. The molecule has 2 aromatic rings. The average molecular weight is 206 g/mol. The van der Waals surface area contributed by atoms with Crippen molar-refractivity contribution in [3.05, 3.63) is 28.0 Å². The number of nitrogens with zero attached hydrogens (tertiary/aromatic N) is 1. The highest BCUT2D eigenvalue weighted by atomic mass is 32.1. The van der Waals surface area contributed by atoms with Crippen molar-refractivity contribution in [2.45, 2.75) is 27.3 Å². The number of imidazole rings is 1. The smallest absolute Gasteiger partial charge is 0.178 e. The first-order chi connectivity index (χ1) is 6.63. The van der Waals surface area contributed by atoms with Crippen LogP contribution in [0.1, 0.15) is 18.1 Å². The Labute approximate surface area is 88.6 Å². The lowest BCUT2D eigenvalue weighted by molar-refractivity contribution is 0.774. The second kappa shape index (κ2) is 3.24. The van der Waals surface area contributed by atoms with Crippen LogP contribution < -0.4 is 0 Å². The van der Waals surface area contributed by atoms with Crippen LogP contribution in [0.4, 0.5) is 0 Å². The van der Waals surface area contributed by atoms with Gasteiger partial charge in [-0.15, -0.1) is 0 Å². The van der Waals surface area contributed by atoms with Crippen LogP contribution in [0.25, 0.3) is 11.0 Å². The minimum atomic E-state index is 0.812. The van der Waals surface area contributed by atoms with Crippen LogP contribution in [0, 0.1) is 18.6 Å². The second-order valence-electron chi connectivity index (χ2n) is 3.63. The van der Waals surface area contributed by atoms with Gasteiger partial charge in [-0.3, -0.25) is 0 Å². The number of nitrogens with one attached hydrogen (secondary N) is 1. The lowest BCUT2D eigenvalue weighted by Crippen LogP contribution is -1.93. The molecule has 0 spiro atoms. The monoisotopic (exact) mass is 206 g/mol. The molecular formula is C11H14N2S. The molecule has 0 atom stereocenters. The molecule has 0 bridgehead atoms. The van der Waals surface area contributed by atoms with E-state index >= 15 is 0 Å². The summed E-state index contributed by atoms with van der Waals surface area (Å²) in [6.45, 7) is 7.28. The summed E-state index contributed by atoms with van der Waals surface area (Å²) in [5, 5.41) is 0. The molecule has 2 nitrogen and oxygen atoms in total. The van der Waals surface area contributed by atoms with Gasteiger partial charge in [-0.1, -0.05) is 0 Å². The predicted molar refractivity (Wildman–Crippen MR) is 62.3 cm³/mol. The van der Waals surface area contributed by atoms with Gasteiger partial charge in [0.25, 0.3) is 0 Å². The number of aromatic nitrogens is 2. The van der Waals surface area contributed by atoms with E-state index in [0.717, 1.165) is 16.8 Å². The molecular weight excluding hydrogens is 192 g/mol. The molecule has 0 fully saturated rings. The Morgan fingerprint density at radius 2 is 1.93 bits per heavy atom. The van der Waals surface area contributed by atoms with Crippen molar-refractivity contribution in [2.75, 3.05) is 0 Å². The third-order valence-electron chi connectivity index (χ3n) is 2.71. The van der Waals surface area contributed by atoms with Crippen LogP contribution in [0.15, 0.2) is 12.1 Å². The van der Waals surface area contributed by atoms with Gasteiger partial charge in [0.15, 0.2) is 4.77 Å². The molecule has 0 aliphatic heterocycles. The number of fused-ring (bicyclic) bond motifs is 1. The average Bonchev–Trinajstić information content (AvgIpc) is 2.42. The summed E-state index contributed by atoms with van der Waals surface area (Å²) in [6.07, 6.45) is 0. The number of benzene rings is 1. The summed E-state index contributed by atoms with van der Waals surface area (Å²) in [7, 11) is 0. The predicted octanol–water partition coefficient (Wildman–Crippen LogP) is 3.34. The van der Waals surface area contributed by atoms with Gasteiger partial charge in [0.1, 0.15) is 0 Å². The molecule has 1 heterocycles. The standard InChI is InChI=1S/C11H14N2S/c1-4-13-10-6-8(3)7(2)5-9(10)12-11(13)14/h5-6H,4H2,1-3H3,(H,12,14). The van der Waals surface area contributed by atoms with E-state index in [1.807, 2.05) is 0 Å². The summed E-state index contributed by atoms with van der Waals surface area (Å²) < 4.78 is 2.93. The number of hydrogen-bond acceptors (Lipinski definition) is 1. The maximum Gasteiger partial charge on any atom is 0.178 e. The molecule has 1 aromatic heterocycles. The normalized spacial score (nSPS) is 11.1. The van der Waals surface area contributed by atoms with E-state index in [4.69, 9.17) is 12.2 Å². The fraction of sp³-hybridized carbons (Fsp3) is 0.364. The Bertz CT molecular complexity index is 534. The van der Waals surface area contributed by atoms with Gasteiger partial charge in [0.05, 0.1) is 11.0 Å². The molecule has 0 radical (unpaired) electrons. The molecule has 14 heavy (non-hydrogen) atoms. The Balaban J connectivity index is 2.89. The van der Waals surface area contributed by atoms with E-state index in [1.165, 1.54) is 16.6 Å². The van der Waals surface area contributed by atoms with Gasteiger partial charge in [-0.05, 0) is 56.2 Å². The van der Waals surface area contributed by atoms with Crippen molar-refractivity contribution in [3.63, 3.8) is 0 Å². The van der Waals surface area contributed by atoms with Crippen LogP contribution in [-0.2, 0) is 6.54 Å². The molecule has 74 valence electrons. The van der Waals surface area contributed by atoms with Crippen LogP contribution >= 0.6 is 12.2 Å². The van der Waals surface area contributed by atoms with Crippen molar-refractivity contribution in [1.29, 1.82) is 0 Å². The van der Waals surface area contributed by atoms with Crippen LogP contribution in [0.3, 0.4) is 0 Å². The first kappa shape index (κ1) is 9.46. The van der Waals surface area contributed by atoms with Crippen LogP contribution in [0.2, 0.25) is 0 Å². The molecule has 3 heteroatoms. The number of hydrogen-bond donors (Lipinski definition) is 1. The van der Waals surface area contributed by atoms with Crippen molar-refractivity contribution in [1.82, 2.24) is 9.55 Å². The number of aryl methyl sites for hydroxylation is 3. The summed E-state index contributed by atoms with van der Waals surface area (Å²) in [6, 6.07) is 4.35. The van der Waals surface area contributed by atoms with E-state index in [1.54, 1.807) is 0 Å². The lowest BCUT2D eigenvalue weighted by atomic mass is 10.1. The highest BCUT2D eigenvalue weighted by Gasteiger charge is 2.04. The minimum absolute atomic E-state index is 0.812. The number of H-pyrrole nitrogens is 1. The Morgan fingerprint density at radius 1 is 1.29 bits per heavy atom. The SMILES string of the molecule is CCn1c(=S)[nH]c2cc(C)c(C)cc21. The maximum absolute atomic E-state index is 5.25. The van der Waals surface area contributed by atoms with Crippen LogP contribution in [-0.4, -0.2) is 9.55 Å². The molecule has 0 unspecified atom stereocenters. The summed E-state index contributed by atoms with van der Waals surface area (Å²) >= 11 is 5.25. The van der Waals surface area contributed by atoms with Crippen molar-refractivity contribution < 1.29 is 0 Å². The molecule has 0 saturated heterocycles. The molecule has 0 saturated carbocycles. The quantitative estimate of drug-likeness (QED) is 0.710. The summed E-state index contributed by atoms with van der Waals surface area (Å²) in [5.41, 5.74) is 4.96. The molecule has 1 N–H and O–H groups in total. The lowest BCUT2D eigenvalue weighted by Gasteiger charge is -2.02. The van der Waals surface area contributed by atoms with E-state index in [9.17, 15) is 0 Å². The highest BCUT2D eigenvalue weighted by Crippen LogP contribution is 2.18. The first-order valence-corrected chi connectivity index (χ1v) is 5.24. The van der Waals surface area contributed by atoms with E-state index in [-0.39, 0.29) is 0 Å². The highest BCUT2D eigenvalue weighted by molar-refractivity contribution is 7.71. The summed E-state index contributed by atoms with van der Waals surface area (Å²) in [4.78, 5) is 3.22. The Hall–Kier alpha value is -1.09. The van der Waals surface area contributed by atoms with Gasteiger partial charge >= 0.3 is 0 Å². The van der Waals surface area contributed by atoms with Gasteiger partial charge < -0.3 is 9.55 Å². The van der Waals surface area contributed by atoms with Gasteiger partial charge in [0.2, 0.25) is 0 Å². The third-order valence-corrected chi connectivity index (χ3v) is 3.03. The second-order valence-corrected chi connectivity index (χ2v) is 4.01. The minimum Gasteiger partial charge on any atom is -0.331 e. The fourth-order valence-electron chi connectivity index (χ4n) is 1.73. The number of aromatic amines is 1. The van der Waals surface area contributed by atoms with Gasteiger partial charge in [-0.2, -0.15) is 0 Å². The van der Waals surface area contributed by atoms with Crippen molar-refractivity contribution >= 4 is 23.3 Å². The van der Waals surface area contributed by atoms with E-state index in [0.29, 0.717) is 0 Å².